The van der Waals surface area contributed by atoms with E-state index in [1.165, 1.54) is 0 Å². The lowest BCUT2D eigenvalue weighted by atomic mass is 9.97. The molecule has 1 aromatic heterocycles. The van der Waals surface area contributed by atoms with Gasteiger partial charge >= 0.3 is 0 Å². The maximum atomic E-state index is 6.19. The number of hydrogen-bond acceptors (Lipinski definition) is 3. The molecule has 0 aliphatic carbocycles. The molecule has 2 rings (SSSR count). The fraction of sp³-hybridized carbons (Fsp3) is 0.308. The molecule has 0 aliphatic heterocycles. The molecule has 0 aliphatic rings. The summed E-state index contributed by atoms with van der Waals surface area (Å²) in [6.45, 7) is 4.09. The largest absolute Gasteiger partial charge is 0.496 e. The lowest BCUT2D eigenvalue weighted by molar-refractivity contribution is 0.411. The number of nitrogens with zero attached hydrogens (tertiary/aromatic N) is 1. The number of benzene rings is 1. The Kier molecular flexibility index (Phi) is 3.15. The van der Waals surface area contributed by atoms with Crippen molar-refractivity contribution in [3.63, 3.8) is 0 Å². The van der Waals surface area contributed by atoms with Gasteiger partial charge in [0.1, 0.15) is 11.6 Å². The average Bonchev–Trinajstić information content (AvgIpc) is 2.85. The Morgan fingerprint density at radius 2 is 2.06 bits per heavy atom. The normalized spacial score (nSPS) is 12.5. The van der Waals surface area contributed by atoms with Crippen LogP contribution in [0.1, 0.15) is 28.6 Å². The van der Waals surface area contributed by atoms with Crippen LogP contribution in [0.25, 0.3) is 0 Å². The monoisotopic (exact) mass is 231 g/mol. The Balaban J connectivity index is 2.43. The minimum atomic E-state index is -0.227. The van der Waals surface area contributed by atoms with Gasteiger partial charge in [0.2, 0.25) is 0 Å². The van der Waals surface area contributed by atoms with Crippen LogP contribution in [0, 0.1) is 13.8 Å². The van der Waals surface area contributed by atoms with Crippen LogP contribution in [0.2, 0.25) is 0 Å². The van der Waals surface area contributed by atoms with Gasteiger partial charge in [0.25, 0.3) is 0 Å². The molecule has 90 valence electrons. The molecule has 4 heteroatoms. The number of aromatic nitrogens is 2. The van der Waals surface area contributed by atoms with Gasteiger partial charge in [-0.05, 0) is 36.6 Å². The summed E-state index contributed by atoms with van der Waals surface area (Å²) in [5, 5.41) is 0. The van der Waals surface area contributed by atoms with Gasteiger partial charge in [-0.2, -0.15) is 0 Å². The maximum absolute atomic E-state index is 6.19. The van der Waals surface area contributed by atoms with Crippen molar-refractivity contribution in [2.45, 2.75) is 19.9 Å². The lowest BCUT2D eigenvalue weighted by Crippen LogP contribution is -2.15. The summed E-state index contributed by atoms with van der Waals surface area (Å²) in [6.07, 6.45) is 3.49. The molecule has 0 fully saturated rings. The lowest BCUT2D eigenvalue weighted by Gasteiger charge is -2.16. The SMILES string of the molecule is COc1ccc(C(N)c2ncc[nH]2)c(C)c1C. The van der Waals surface area contributed by atoms with Crippen LogP contribution in [0.4, 0.5) is 0 Å². The molecule has 3 N–H and O–H groups in total. The van der Waals surface area contributed by atoms with Crippen molar-refractivity contribution in [1.82, 2.24) is 9.97 Å². The molecule has 0 bridgehead atoms. The maximum Gasteiger partial charge on any atom is 0.127 e. The molecular weight excluding hydrogens is 214 g/mol. The van der Waals surface area contributed by atoms with E-state index < -0.39 is 0 Å². The Labute approximate surface area is 101 Å². The molecule has 1 unspecified atom stereocenters. The van der Waals surface area contributed by atoms with Gasteiger partial charge < -0.3 is 15.5 Å². The number of rotatable bonds is 3. The zero-order valence-corrected chi connectivity index (χ0v) is 10.3. The number of imidazole rings is 1. The fourth-order valence-corrected chi connectivity index (χ4v) is 1.97. The van der Waals surface area contributed by atoms with E-state index in [0.717, 1.165) is 28.3 Å². The van der Waals surface area contributed by atoms with Gasteiger partial charge in [0.05, 0.1) is 13.2 Å². The van der Waals surface area contributed by atoms with Gasteiger partial charge in [0, 0.05) is 12.4 Å². The summed E-state index contributed by atoms with van der Waals surface area (Å²) < 4.78 is 5.29. The highest BCUT2D eigenvalue weighted by atomic mass is 16.5. The van der Waals surface area contributed by atoms with Crippen LogP contribution in [-0.2, 0) is 0 Å². The van der Waals surface area contributed by atoms with Crippen molar-refractivity contribution in [3.05, 3.63) is 47.0 Å². The molecule has 0 saturated carbocycles. The van der Waals surface area contributed by atoms with E-state index in [1.54, 1.807) is 19.5 Å². The molecule has 1 atom stereocenters. The van der Waals surface area contributed by atoms with Crippen molar-refractivity contribution in [3.8, 4) is 5.75 Å². The van der Waals surface area contributed by atoms with Gasteiger partial charge in [-0.15, -0.1) is 0 Å². The van der Waals surface area contributed by atoms with E-state index in [1.807, 2.05) is 19.1 Å². The van der Waals surface area contributed by atoms with Crippen LogP contribution >= 0.6 is 0 Å². The first-order chi connectivity index (χ1) is 8.15. The number of aromatic amines is 1. The number of H-pyrrole nitrogens is 1. The summed E-state index contributed by atoms with van der Waals surface area (Å²) in [7, 11) is 1.67. The molecule has 0 amide bonds. The molecule has 0 saturated heterocycles. The minimum absolute atomic E-state index is 0.227. The van der Waals surface area contributed by atoms with Crippen LogP contribution in [0.3, 0.4) is 0 Å². The van der Waals surface area contributed by atoms with E-state index in [2.05, 4.69) is 16.9 Å². The van der Waals surface area contributed by atoms with Crippen LogP contribution in [0.5, 0.6) is 5.75 Å². The first kappa shape index (κ1) is 11.7. The molecular formula is C13H17N3O. The second-order valence-corrected chi connectivity index (χ2v) is 4.06. The molecule has 1 heterocycles. The van der Waals surface area contributed by atoms with Crippen molar-refractivity contribution in [1.29, 1.82) is 0 Å². The summed E-state index contributed by atoms with van der Waals surface area (Å²) in [4.78, 5) is 7.24. The summed E-state index contributed by atoms with van der Waals surface area (Å²) in [5.41, 5.74) is 9.52. The van der Waals surface area contributed by atoms with Crippen molar-refractivity contribution in [2.24, 2.45) is 5.73 Å². The van der Waals surface area contributed by atoms with E-state index in [-0.39, 0.29) is 6.04 Å². The van der Waals surface area contributed by atoms with Crippen LogP contribution < -0.4 is 10.5 Å². The summed E-state index contributed by atoms with van der Waals surface area (Å²) in [6, 6.07) is 3.71. The fourth-order valence-electron chi connectivity index (χ4n) is 1.97. The molecule has 4 nitrogen and oxygen atoms in total. The predicted octanol–water partition coefficient (Wildman–Crippen LogP) is 2.08. The van der Waals surface area contributed by atoms with E-state index in [4.69, 9.17) is 10.5 Å². The Hall–Kier alpha value is -1.81. The Morgan fingerprint density at radius 3 is 2.65 bits per heavy atom. The van der Waals surface area contributed by atoms with E-state index in [0.29, 0.717) is 0 Å². The molecule has 0 radical (unpaired) electrons. The third kappa shape index (κ3) is 2.03. The smallest absolute Gasteiger partial charge is 0.127 e. The molecule has 1 aromatic carbocycles. The molecule has 2 aromatic rings. The highest BCUT2D eigenvalue weighted by Crippen LogP contribution is 2.28. The third-order valence-corrected chi connectivity index (χ3v) is 3.15. The number of hydrogen-bond donors (Lipinski definition) is 2. The van der Waals surface area contributed by atoms with Gasteiger partial charge in [-0.25, -0.2) is 4.98 Å². The van der Waals surface area contributed by atoms with Crippen molar-refractivity contribution in [2.75, 3.05) is 7.11 Å². The van der Waals surface area contributed by atoms with E-state index in [9.17, 15) is 0 Å². The quantitative estimate of drug-likeness (QED) is 0.850. The predicted molar refractivity (Wildman–Crippen MR) is 67.1 cm³/mol. The highest BCUT2D eigenvalue weighted by molar-refractivity contribution is 5.45. The summed E-state index contributed by atoms with van der Waals surface area (Å²) >= 11 is 0. The second-order valence-electron chi connectivity index (χ2n) is 4.06. The van der Waals surface area contributed by atoms with Crippen LogP contribution in [0.15, 0.2) is 24.5 Å². The first-order valence-electron chi connectivity index (χ1n) is 5.54. The standard InChI is InChI=1S/C13H17N3O/c1-8-9(2)11(17-3)5-4-10(8)12(14)13-15-6-7-16-13/h4-7,12H,14H2,1-3H3,(H,15,16). The summed E-state index contributed by atoms with van der Waals surface area (Å²) in [5.74, 6) is 1.66. The highest BCUT2D eigenvalue weighted by Gasteiger charge is 2.16. The number of nitrogens with two attached hydrogens (primary N) is 1. The topological polar surface area (TPSA) is 63.9 Å². The zero-order valence-electron chi connectivity index (χ0n) is 10.3. The van der Waals surface area contributed by atoms with Crippen molar-refractivity contribution >= 4 is 0 Å². The minimum Gasteiger partial charge on any atom is -0.496 e. The first-order valence-corrected chi connectivity index (χ1v) is 5.54. The van der Waals surface area contributed by atoms with Gasteiger partial charge in [-0.3, -0.25) is 0 Å². The van der Waals surface area contributed by atoms with Crippen LogP contribution in [-0.4, -0.2) is 17.1 Å². The van der Waals surface area contributed by atoms with E-state index >= 15 is 0 Å². The second kappa shape index (κ2) is 4.59. The molecule has 17 heavy (non-hydrogen) atoms. The average molecular weight is 231 g/mol. The number of nitrogens with one attached hydrogen (secondary N) is 1. The zero-order chi connectivity index (χ0) is 12.4. The Bertz CT molecular complexity index is 506. The van der Waals surface area contributed by atoms with Gasteiger partial charge in [0.15, 0.2) is 0 Å². The third-order valence-electron chi connectivity index (χ3n) is 3.15. The molecule has 0 spiro atoms. The Morgan fingerprint density at radius 1 is 1.29 bits per heavy atom. The van der Waals surface area contributed by atoms with Crippen molar-refractivity contribution < 1.29 is 4.74 Å². The van der Waals surface area contributed by atoms with Gasteiger partial charge in [-0.1, -0.05) is 6.07 Å². The number of ether oxygens (including phenoxy) is 1. The number of methoxy groups -OCH3 is 1.